The zero-order chi connectivity index (χ0) is 11.4. The van der Waals surface area contributed by atoms with Crippen LogP contribution in [0.4, 0.5) is 5.69 Å². The van der Waals surface area contributed by atoms with Crippen LogP contribution in [0.25, 0.3) is 0 Å². The third-order valence-corrected chi connectivity index (χ3v) is 1.55. The molecule has 1 aromatic rings. The Morgan fingerprint density at radius 3 is 2.47 bits per heavy atom. The minimum absolute atomic E-state index is 0.234. The van der Waals surface area contributed by atoms with Gasteiger partial charge in [0.15, 0.2) is 0 Å². The summed E-state index contributed by atoms with van der Waals surface area (Å²) in [6.45, 7) is 1.02. The lowest BCUT2D eigenvalue weighted by Crippen LogP contribution is -2.17. The summed E-state index contributed by atoms with van der Waals surface area (Å²) in [5.41, 5.74) is -0.355. The Balaban J connectivity index is 2.99. The van der Waals surface area contributed by atoms with E-state index >= 15 is 0 Å². The number of carbonyl (C=O) groups is 2. The van der Waals surface area contributed by atoms with Gasteiger partial charge in [0, 0.05) is 13.0 Å². The second-order valence-corrected chi connectivity index (χ2v) is 2.67. The van der Waals surface area contributed by atoms with Crippen molar-refractivity contribution in [2.24, 2.45) is 0 Å². The molecule has 0 fully saturated rings. The predicted molar refractivity (Wildman–Crippen MR) is 49.4 cm³/mol. The summed E-state index contributed by atoms with van der Waals surface area (Å²) in [5, 5.41) is 10.5. The average Bonchev–Trinajstić information content (AvgIpc) is 2.18. The normalized spacial score (nSPS) is 9.40. The number of nitrogens with zero attached hydrogens (tertiary/aromatic N) is 1. The standard InChI is InChI=1S/C9H7NO5/c1-6(11)9(12)15-8-5-3-2-4-7(8)10(13)14/h2-5H,1H3. The van der Waals surface area contributed by atoms with Gasteiger partial charge in [-0.3, -0.25) is 14.9 Å². The lowest BCUT2D eigenvalue weighted by Gasteiger charge is -2.01. The first-order valence-corrected chi connectivity index (χ1v) is 3.98. The van der Waals surface area contributed by atoms with Crippen LogP contribution in [0.3, 0.4) is 0 Å². The molecule has 6 heteroatoms. The van der Waals surface area contributed by atoms with Crippen LogP contribution in [0.5, 0.6) is 5.75 Å². The van der Waals surface area contributed by atoms with E-state index in [4.69, 9.17) is 0 Å². The van der Waals surface area contributed by atoms with Crippen LogP contribution in [0.15, 0.2) is 24.3 Å². The predicted octanol–water partition coefficient (Wildman–Crippen LogP) is 1.09. The van der Waals surface area contributed by atoms with Gasteiger partial charge in [0.2, 0.25) is 11.5 Å². The number of rotatable bonds is 3. The van der Waals surface area contributed by atoms with E-state index in [1.807, 2.05) is 0 Å². The van der Waals surface area contributed by atoms with Gasteiger partial charge in [-0.2, -0.15) is 0 Å². The molecule has 0 N–H and O–H groups in total. The molecule has 0 bridgehead atoms. The monoisotopic (exact) mass is 209 g/mol. The van der Waals surface area contributed by atoms with E-state index in [1.165, 1.54) is 24.3 Å². The number of ether oxygens (including phenoxy) is 1. The molecule has 0 aliphatic rings. The number of carbonyl (C=O) groups excluding carboxylic acids is 2. The quantitative estimate of drug-likeness (QED) is 0.244. The highest BCUT2D eigenvalue weighted by atomic mass is 16.6. The van der Waals surface area contributed by atoms with Gasteiger partial charge in [0.25, 0.3) is 0 Å². The van der Waals surface area contributed by atoms with E-state index in [2.05, 4.69) is 4.74 Å². The minimum atomic E-state index is -1.12. The van der Waals surface area contributed by atoms with Gasteiger partial charge >= 0.3 is 11.7 Å². The fourth-order valence-corrected chi connectivity index (χ4v) is 0.866. The van der Waals surface area contributed by atoms with E-state index in [-0.39, 0.29) is 11.4 Å². The number of esters is 1. The first kappa shape index (κ1) is 10.8. The fraction of sp³-hybridized carbons (Fsp3) is 0.111. The van der Waals surface area contributed by atoms with Crippen molar-refractivity contribution in [2.75, 3.05) is 0 Å². The molecule has 0 heterocycles. The fourth-order valence-electron chi connectivity index (χ4n) is 0.866. The first-order chi connectivity index (χ1) is 7.02. The Kier molecular flexibility index (Phi) is 3.12. The van der Waals surface area contributed by atoms with Crippen LogP contribution in [0, 0.1) is 10.1 Å². The Morgan fingerprint density at radius 2 is 1.93 bits per heavy atom. The molecule has 0 saturated carbocycles. The summed E-state index contributed by atoms with van der Waals surface area (Å²) in [6.07, 6.45) is 0. The van der Waals surface area contributed by atoms with Crippen molar-refractivity contribution in [2.45, 2.75) is 6.92 Å². The third-order valence-electron chi connectivity index (χ3n) is 1.55. The van der Waals surface area contributed by atoms with E-state index in [0.717, 1.165) is 6.92 Å². The van der Waals surface area contributed by atoms with Crippen molar-refractivity contribution >= 4 is 17.4 Å². The van der Waals surface area contributed by atoms with Crippen LogP contribution >= 0.6 is 0 Å². The zero-order valence-corrected chi connectivity index (χ0v) is 7.80. The number of nitro benzene ring substituents is 1. The molecule has 78 valence electrons. The molecule has 0 spiro atoms. The summed E-state index contributed by atoms with van der Waals surface area (Å²) in [5.74, 6) is -2.17. The largest absolute Gasteiger partial charge is 0.413 e. The van der Waals surface area contributed by atoms with Crippen LogP contribution in [-0.4, -0.2) is 16.7 Å². The molecule has 0 saturated heterocycles. The molecule has 6 nitrogen and oxygen atoms in total. The highest BCUT2D eigenvalue weighted by Gasteiger charge is 2.18. The van der Waals surface area contributed by atoms with E-state index in [0.29, 0.717) is 0 Å². The van der Waals surface area contributed by atoms with Crippen LogP contribution in [0.2, 0.25) is 0 Å². The molecule has 0 unspecified atom stereocenters. The third kappa shape index (κ3) is 2.60. The molecule has 0 aromatic heterocycles. The van der Waals surface area contributed by atoms with Crippen molar-refractivity contribution in [1.29, 1.82) is 0 Å². The lowest BCUT2D eigenvalue weighted by atomic mass is 10.3. The topological polar surface area (TPSA) is 86.5 Å². The SMILES string of the molecule is CC(=O)C(=O)Oc1ccccc1[N+](=O)[O-]. The number of benzene rings is 1. The van der Waals surface area contributed by atoms with Gasteiger partial charge in [-0.05, 0) is 6.07 Å². The highest BCUT2D eigenvalue weighted by Crippen LogP contribution is 2.25. The van der Waals surface area contributed by atoms with E-state index in [1.54, 1.807) is 0 Å². The van der Waals surface area contributed by atoms with Gasteiger partial charge < -0.3 is 4.74 Å². The molecule has 0 atom stereocenters. The number of ketones is 1. The summed E-state index contributed by atoms with van der Waals surface area (Å²) in [7, 11) is 0. The minimum Gasteiger partial charge on any atom is -0.413 e. The Labute approximate surface area is 84.6 Å². The molecular weight excluding hydrogens is 202 g/mol. The molecule has 0 aliphatic carbocycles. The molecule has 0 aliphatic heterocycles. The summed E-state index contributed by atoms with van der Waals surface area (Å²) in [6, 6.07) is 5.33. The lowest BCUT2D eigenvalue weighted by molar-refractivity contribution is -0.385. The van der Waals surface area contributed by atoms with Crippen molar-refractivity contribution in [3.63, 3.8) is 0 Å². The molecule has 0 amide bonds. The number of nitro groups is 1. The van der Waals surface area contributed by atoms with Gasteiger partial charge in [-0.25, -0.2) is 4.79 Å². The highest BCUT2D eigenvalue weighted by molar-refractivity contribution is 6.33. The zero-order valence-electron chi connectivity index (χ0n) is 7.80. The number of hydrogen-bond acceptors (Lipinski definition) is 5. The van der Waals surface area contributed by atoms with Gasteiger partial charge in [-0.1, -0.05) is 12.1 Å². The Hall–Kier alpha value is -2.24. The van der Waals surface area contributed by atoms with Crippen LogP contribution in [0.1, 0.15) is 6.92 Å². The van der Waals surface area contributed by atoms with Crippen LogP contribution < -0.4 is 4.74 Å². The van der Waals surface area contributed by atoms with Crippen molar-refractivity contribution in [3.05, 3.63) is 34.4 Å². The maximum absolute atomic E-state index is 10.9. The smallest absolute Gasteiger partial charge is 0.379 e. The van der Waals surface area contributed by atoms with Gasteiger partial charge in [0.05, 0.1) is 4.92 Å². The van der Waals surface area contributed by atoms with Crippen molar-refractivity contribution in [1.82, 2.24) is 0 Å². The van der Waals surface area contributed by atoms with Gasteiger partial charge in [0.1, 0.15) is 0 Å². The molecule has 1 rings (SSSR count). The average molecular weight is 209 g/mol. The van der Waals surface area contributed by atoms with Crippen molar-refractivity contribution < 1.29 is 19.2 Å². The Bertz CT molecular complexity index is 426. The molecular formula is C9H7NO5. The number of para-hydroxylation sites is 2. The maximum Gasteiger partial charge on any atom is 0.379 e. The second-order valence-electron chi connectivity index (χ2n) is 2.67. The Morgan fingerprint density at radius 1 is 1.33 bits per heavy atom. The number of Topliss-reactive ketones (excluding diaryl/α,β-unsaturated/α-hetero) is 1. The number of hydrogen-bond donors (Lipinski definition) is 0. The van der Waals surface area contributed by atoms with E-state index < -0.39 is 16.7 Å². The maximum atomic E-state index is 10.9. The second kappa shape index (κ2) is 4.32. The van der Waals surface area contributed by atoms with Crippen molar-refractivity contribution in [3.8, 4) is 5.75 Å². The molecule has 0 radical (unpaired) electrons. The summed E-state index contributed by atoms with van der Waals surface area (Å²) in [4.78, 5) is 31.3. The molecule has 1 aromatic carbocycles. The van der Waals surface area contributed by atoms with Crippen LogP contribution in [-0.2, 0) is 9.59 Å². The first-order valence-electron chi connectivity index (χ1n) is 3.98. The van der Waals surface area contributed by atoms with E-state index in [9.17, 15) is 19.7 Å². The summed E-state index contributed by atoms with van der Waals surface area (Å²) < 4.78 is 4.54. The molecule has 15 heavy (non-hydrogen) atoms. The summed E-state index contributed by atoms with van der Waals surface area (Å²) >= 11 is 0. The van der Waals surface area contributed by atoms with Gasteiger partial charge in [-0.15, -0.1) is 0 Å².